The fraction of sp³-hybridized carbons (Fsp3) is 0.250. The summed E-state index contributed by atoms with van der Waals surface area (Å²) in [6.45, 7) is 4.98. The quantitative estimate of drug-likeness (QED) is 0.714. The molecule has 0 fully saturated rings. The maximum Gasteiger partial charge on any atom is 0.144 e. The number of hydrogen-bond acceptors (Lipinski definition) is 2. The van der Waals surface area contributed by atoms with Crippen molar-refractivity contribution in [3.63, 3.8) is 0 Å². The molecule has 0 bridgehead atoms. The van der Waals surface area contributed by atoms with Crippen molar-refractivity contribution in [1.82, 2.24) is 14.5 Å². The molecule has 3 aromatic rings. The Morgan fingerprint density at radius 3 is 2.68 bits per heavy atom. The Morgan fingerprint density at radius 2 is 1.95 bits per heavy atom. The number of fused-ring (bicyclic) bond motifs is 1. The smallest absolute Gasteiger partial charge is 0.144 e. The second-order valence-corrected chi connectivity index (χ2v) is 4.76. The van der Waals surface area contributed by atoms with E-state index in [1.54, 1.807) is 0 Å². The molecule has 0 saturated heterocycles. The van der Waals surface area contributed by atoms with Crippen molar-refractivity contribution in [2.24, 2.45) is 0 Å². The first kappa shape index (κ1) is 11.9. The van der Waals surface area contributed by atoms with Gasteiger partial charge in [-0.2, -0.15) is 0 Å². The molecule has 2 aromatic heterocycles. The van der Waals surface area contributed by atoms with Crippen LogP contribution in [0.1, 0.15) is 24.0 Å². The molecule has 1 aromatic carbocycles. The van der Waals surface area contributed by atoms with Crippen molar-refractivity contribution in [2.45, 2.75) is 26.8 Å². The van der Waals surface area contributed by atoms with Crippen LogP contribution in [0, 0.1) is 6.92 Å². The Bertz CT molecular complexity index is 699. The first-order chi connectivity index (χ1) is 9.28. The third-order valence-corrected chi connectivity index (χ3v) is 3.39. The van der Waals surface area contributed by atoms with Gasteiger partial charge >= 0.3 is 0 Å². The van der Waals surface area contributed by atoms with Gasteiger partial charge in [-0.05, 0) is 25.0 Å². The highest BCUT2D eigenvalue weighted by molar-refractivity contribution is 5.76. The van der Waals surface area contributed by atoms with Gasteiger partial charge in [0, 0.05) is 23.8 Å². The Kier molecular flexibility index (Phi) is 3.03. The number of rotatable bonds is 3. The van der Waals surface area contributed by atoms with Gasteiger partial charge in [0.2, 0.25) is 0 Å². The van der Waals surface area contributed by atoms with Crippen LogP contribution < -0.4 is 0 Å². The maximum absolute atomic E-state index is 4.59. The van der Waals surface area contributed by atoms with Crippen LogP contribution in [0.2, 0.25) is 0 Å². The van der Waals surface area contributed by atoms with Crippen molar-refractivity contribution >= 4 is 11.0 Å². The van der Waals surface area contributed by atoms with Gasteiger partial charge in [-0.1, -0.05) is 37.3 Å². The highest BCUT2D eigenvalue weighted by atomic mass is 15.1. The molecule has 2 heterocycles. The zero-order valence-corrected chi connectivity index (χ0v) is 11.3. The van der Waals surface area contributed by atoms with Crippen LogP contribution in [0.15, 0.2) is 42.6 Å². The lowest BCUT2D eigenvalue weighted by Gasteiger charge is -2.09. The molecule has 0 aliphatic rings. The van der Waals surface area contributed by atoms with E-state index in [1.165, 1.54) is 11.3 Å². The SMILES string of the molecule is CCc1cc2cnc(C)nc2n1Cc1ccccc1. The van der Waals surface area contributed by atoms with Crippen molar-refractivity contribution in [2.75, 3.05) is 0 Å². The van der Waals surface area contributed by atoms with Crippen LogP contribution >= 0.6 is 0 Å². The topological polar surface area (TPSA) is 30.7 Å². The first-order valence-corrected chi connectivity index (χ1v) is 6.63. The van der Waals surface area contributed by atoms with Gasteiger partial charge in [-0.3, -0.25) is 0 Å². The summed E-state index contributed by atoms with van der Waals surface area (Å²) in [6.07, 6.45) is 2.92. The summed E-state index contributed by atoms with van der Waals surface area (Å²) in [6, 6.07) is 12.7. The number of hydrogen-bond donors (Lipinski definition) is 0. The Balaban J connectivity index is 2.12. The summed E-state index contributed by atoms with van der Waals surface area (Å²) in [5.41, 5.74) is 3.64. The molecule has 0 radical (unpaired) electrons. The summed E-state index contributed by atoms with van der Waals surface area (Å²) in [7, 11) is 0. The summed E-state index contributed by atoms with van der Waals surface area (Å²) in [4.78, 5) is 8.87. The molecule has 0 spiro atoms. The number of aromatic nitrogens is 3. The molecule has 0 aliphatic carbocycles. The minimum atomic E-state index is 0.822. The molecule has 96 valence electrons. The van der Waals surface area contributed by atoms with Crippen LogP contribution in [0.4, 0.5) is 0 Å². The normalized spacial score (nSPS) is 11.1. The second kappa shape index (κ2) is 4.84. The average molecular weight is 251 g/mol. The van der Waals surface area contributed by atoms with E-state index in [0.29, 0.717) is 0 Å². The van der Waals surface area contributed by atoms with E-state index in [0.717, 1.165) is 29.8 Å². The van der Waals surface area contributed by atoms with Gasteiger partial charge in [-0.25, -0.2) is 9.97 Å². The summed E-state index contributed by atoms with van der Waals surface area (Å²) in [5.74, 6) is 0.822. The summed E-state index contributed by atoms with van der Waals surface area (Å²) >= 11 is 0. The lowest BCUT2D eigenvalue weighted by Crippen LogP contribution is -2.05. The van der Waals surface area contributed by atoms with Gasteiger partial charge in [0.15, 0.2) is 0 Å². The van der Waals surface area contributed by atoms with Crippen LogP contribution in [-0.2, 0) is 13.0 Å². The third kappa shape index (κ3) is 2.24. The number of nitrogens with zero attached hydrogens (tertiary/aromatic N) is 3. The Morgan fingerprint density at radius 1 is 1.16 bits per heavy atom. The van der Waals surface area contributed by atoms with Gasteiger partial charge in [0.1, 0.15) is 11.5 Å². The van der Waals surface area contributed by atoms with E-state index in [9.17, 15) is 0 Å². The molecule has 0 saturated carbocycles. The van der Waals surface area contributed by atoms with Gasteiger partial charge in [0.05, 0.1) is 0 Å². The average Bonchev–Trinajstić information content (AvgIpc) is 2.78. The van der Waals surface area contributed by atoms with E-state index in [1.807, 2.05) is 19.2 Å². The van der Waals surface area contributed by atoms with E-state index in [4.69, 9.17) is 0 Å². The minimum absolute atomic E-state index is 0.822. The van der Waals surface area contributed by atoms with Crippen LogP contribution in [-0.4, -0.2) is 14.5 Å². The van der Waals surface area contributed by atoms with Crippen LogP contribution in [0.3, 0.4) is 0 Å². The van der Waals surface area contributed by atoms with Crippen molar-refractivity contribution in [3.05, 3.63) is 59.7 Å². The molecule has 0 N–H and O–H groups in total. The lowest BCUT2D eigenvalue weighted by atomic mass is 10.2. The molecule has 19 heavy (non-hydrogen) atoms. The second-order valence-electron chi connectivity index (χ2n) is 4.76. The third-order valence-electron chi connectivity index (χ3n) is 3.39. The predicted octanol–water partition coefficient (Wildman–Crippen LogP) is 3.35. The van der Waals surface area contributed by atoms with Crippen LogP contribution in [0.5, 0.6) is 0 Å². The molecule has 3 nitrogen and oxygen atoms in total. The standard InChI is InChI=1S/C16H17N3/c1-3-15-9-14-10-17-12(2)18-16(14)19(15)11-13-7-5-4-6-8-13/h4-10H,3,11H2,1-2H3. The Labute approximate surface area is 112 Å². The highest BCUT2D eigenvalue weighted by Gasteiger charge is 2.09. The lowest BCUT2D eigenvalue weighted by molar-refractivity contribution is 0.765. The van der Waals surface area contributed by atoms with Crippen molar-refractivity contribution in [1.29, 1.82) is 0 Å². The fourth-order valence-corrected chi connectivity index (χ4v) is 2.41. The molecule has 0 unspecified atom stereocenters. The summed E-state index contributed by atoms with van der Waals surface area (Å²) in [5, 5.41) is 1.12. The molecule has 0 aliphatic heterocycles. The zero-order chi connectivity index (χ0) is 13.2. The van der Waals surface area contributed by atoms with Gasteiger partial charge in [0.25, 0.3) is 0 Å². The molecular weight excluding hydrogens is 234 g/mol. The highest BCUT2D eigenvalue weighted by Crippen LogP contribution is 2.19. The monoisotopic (exact) mass is 251 g/mol. The molecule has 0 amide bonds. The number of aryl methyl sites for hydroxylation is 2. The van der Waals surface area contributed by atoms with Crippen molar-refractivity contribution < 1.29 is 0 Å². The van der Waals surface area contributed by atoms with E-state index in [2.05, 4.69) is 51.8 Å². The largest absolute Gasteiger partial charge is 0.325 e. The molecule has 3 heteroatoms. The van der Waals surface area contributed by atoms with Crippen molar-refractivity contribution in [3.8, 4) is 0 Å². The van der Waals surface area contributed by atoms with E-state index < -0.39 is 0 Å². The fourth-order valence-electron chi connectivity index (χ4n) is 2.41. The summed E-state index contributed by atoms with van der Waals surface area (Å²) < 4.78 is 2.29. The van der Waals surface area contributed by atoms with Crippen LogP contribution in [0.25, 0.3) is 11.0 Å². The predicted molar refractivity (Wildman–Crippen MR) is 77.2 cm³/mol. The Hall–Kier alpha value is -2.16. The molecule has 3 rings (SSSR count). The van der Waals surface area contributed by atoms with E-state index in [-0.39, 0.29) is 0 Å². The van der Waals surface area contributed by atoms with Gasteiger partial charge < -0.3 is 4.57 Å². The molecule has 0 atom stereocenters. The number of benzene rings is 1. The molecular formula is C16H17N3. The van der Waals surface area contributed by atoms with E-state index >= 15 is 0 Å². The first-order valence-electron chi connectivity index (χ1n) is 6.63. The zero-order valence-electron chi connectivity index (χ0n) is 11.3. The van der Waals surface area contributed by atoms with Gasteiger partial charge in [-0.15, -0.1) is 0 Å². The maximum atomic E-state index is 4.59. The minimum Gasteiger partial charge on any atom is -0.325 e.